The van der Waals surface area contributed by atoms with Gasteiger partial charge in [-0.3, -0.25) is 9.59 Å². The normalized spacial score (nSPS) is 11.5. The summed E-state index contributed by atoms with van der Waals surface area (Å²) in [7, 11) is 3.66. The van der Waals surface area contributed by atoms with Crippen LogP contribution in [0.25, 0.3) is 0 Å². The van der Waals surface area contributed by atoms with E-state index in [0.29, 0.717) is 19.2 Å². The molecule has 1 rings (SSSR count). The number of carbonyl (C=O) groups is 2. The molecule has 2 N–H and O–H groups in total. The highest BCUT2D eigenvalue weighted by atomic mass is 19.2. The quantitative estimate of drug-likeness (QED) is 0.617. The molecule has 0 radical (unpaired) electrons. The molecule has 2 amide bonds. The smallest absolute Gasteiger partial charge is 0.239 e. The zero-order valence-corrected chi connectivity index (χ0v) is 13.5. The molecule has 0 saturated heterocycles. The Kier molecular flexibility index (Phi) is 6.14. The van der Waals surface area contributed by atoms with Gasteiger partial charge in [-0.2, -0.15) is 0 Å². The second kappa shape index (κ2) is 7.45. The van der Waals surface area contributed by atoms with Gasteiger partial charge in [0, 0.05) is 13.1 Å². The van der Waals surface area contributed by atoms with E-state index in [9.17, 15) is 22.8 Å². The van der Waals surface area contributed by atoms with Crippen molar-refractivity contribution in [2.75, 3.05) is 32.5 Å². The fraction of sp³-hybridized carbons (Fsp3) is 0.467. The van der Waals surface area contributed by atoms with E-state index >= 15 is 0 Å². The lowest BCUT2D eigenvalue weighted by Gasteiger charge is -2.23. The maximum atomic E-state index is 13.6. The van der Waals surface area contributed by atoms with Crippen molar-refractivity contribution >= 4 is 17.5 Å². The Hall–Kier alpha value is -2.09. The van der Waals surface area contributed by atoms with Crippen LogP contribution in [-0.4, -0.2) is 43.9 Å². The first-order valence-corrected chi connectivity index (χ1v) is 6.95. The monoisotopic (exact) mass is 331 g/mol. The van der Waals surface area contributed by atoms with Gasteiger partial charge in [-0.15, -0.1) is 0 Å². The molecule has 0 heterocycles. The van der Waals surface area contributed by atoms with E-state index in [2.05, 4.69) is 10.6 Å². The van der Waals surface area contributed by atoms with Crippen molar-refractivity contribution in [3.8, 4) is 0 Å². The molecule has 0 aromatic heterocycles. The topological polar surface area (TPSA) is 61.4 Å². The first kappa shape index (κ1) is 19.0. The van der Waals surface area contributed by atoms with Gasteiger partial charge in [-0.05, 0) is 40.1 Å². The summed E-state index contributed by atoms with van der Waals surface area (Å²) in [6.45, 7) is 3.62. The Morgan fingerprint density at radius 3 is 2.26 bits per heavy atom. The summed E-state index contributed by atoms with van der Waals surface area (Å²) < 4.78 is 39.6. The highest BCUT2D eigenvalue weighted by Crippen LogP contribution is 2.23. The summed E-state index contributed by atoms with van der Waals surface area (Å²) >= 11 is 0. The van der Waals surface area contributed by atoms with Crippen LogP contribution in [0.1, 0.15) is 13.8 Å². The number of amides is 2. The SMILES string of the molecule is CN(C)CCNC(=O)C(C)(C)C(=O)Nc1ccc(F)c(F)c1F. The summed E-state index contributed by atoms with van der Waals surface area (Å²) in [5, 5.41) is 4.69. The van der Waals surface area contributed by atoms with E-state index in [4.69, 9.17) is 0 Å². The van der Waals surface area contributed by atoms with Crippen LogP contribution in [0.4, 0.5) is 18.9 Å². The van der Waals surface area contributed by atoms with E-state index in [1.807, 2.05) is 19.0 Å². The third-order valence-corrected chi connectivity index (χ3v) is 3.26. The Morgan fingerprint density at radius 2 is 1.70 bits per heavy atom. The lowest BCUT2D eigenvalue weighted by Crippen LogP contribution is -2.46. The van der Waals surface area contributed by atoms with Gasteiger partial charge in [-0.25, -0.2) is 13.2 Å². The van der Waals surface area contributed by atoms with Crippen LogP contribution in [0.15, 0.2) is 12.1 Å². The first-order chi connectivity index (χ1) is 10.6. The third-order valence-electron chi connectivity index (χ3n) is 3.26. The molecule has 8 heteroatoms. The minimum atomic E-state index is -1.68. The molecule has 0 bridgehead atoms. The predicted octanol–water partition coefficient (Wildman–Crippen LogP) is 1.75. The number of nitrogens with zero attached hydrogens (tertiary/aromatic N) is 1. The highest BCUT2D eigenvalue weighted by Gasteiger charge is 2.36. The molecular weight excluding hydrogens is 311 g/mol. The number of benzene rings is 1. The van der Waals surface area contributed by atoms with Crippen LogP contribution in [0.2, 0.25) is 0 Å². The molecular formula is C15H20F3N3O2. The van der Waals surface area contributed by atoms with Crippen LogP contribution in [0.5, 0.6) is 0 Å². The number of rotatable bonds is 6. The number of hydrogen-bond donors (Lipinski definition) is 2. The summed E-state index contributed by atoms with van der Waals surface area (Å²) in [6.07, 6.45) is 0. The van der Waals surface area contributed by atoms with Gasteiger partial charge in [-0.1, -0.05) is 0 Å². The van der Waals surface area contributed by atoms with E-state index in [-0.39, 0.29) is 0 Å². The number of hydrogen-bond acceptors (Lipinski definition) is 3. The molecule has 0 aliphatic heterocycles. The standard InChI is InChI=1S/C15H20F3N3O2/c1-15(2,13(22)19-7-8-21(3)4)14(23)20-10-6-5-9(16)11(17)12(10)18/h5-6H,7-8H2,1-4H3,(H,19,22)(H,20,23). The van der Waals surface area contributed by atoms with Gasteiger partial charge in [0.1, 0.15) is 5.41 Å². The Labute approximate surface area is 132 Å². The van der Waals surface area contributed by atoms with Gasteiger partial charge in [0.05, 0.1) is 5.69 Å². The van der Waals surface area contributed by atoms with Crippen LogP contribution in [-0.2, 0) is 9.59 Å². The van der Waals surface area contributed by atoms with Crippen LogP contribution < -0.4 is 10.6 Å². The molecule has 0 saturated carbocycles. The maximum absolute atomic E-state index is 13.6. The van der Waals surface area contributed by atoms with E-state index in [1.165, 1.54) is 13.8 Å². The number of nitrogens with one attached hydrogen (secondary N) is 2. The maximum Gasteiger partial charge on any atom is 0.239 e. The van der Waals surface area contributed by atoms with Gasteiger partial charge in [0.25, 0.3) is 0 Å². The molecule has 23 heavy (non-hydrogen) atoms. The third kappa shape index (κ3) is 4.69. The predicted molar refractivity (Wildman–Crippen MR) is 80.3 cm³/mol. The molecule has 0 spiro atoms. The lowest BCUT2D eigenvalue weighted by atomic mass is 9.91. The minimum absolute atomic E-state index is 0.335. The number of likely N-dealkylation sites (N-methyl/N-ethyl adjacent to an activating group) is 1. The van der Waals surface area contributed by atoms with Crippen molar-refractivity contribution in [1.29, 1.82) is 0 Å². The average Bonchev–Trinajstić information content (AvgIpc) is 2.47. The lowest BCUT2D eigenvalue weighted by molar-refractivity contribution is -0.138. The van der Waals surface area contributed by atoms with Crippen molar-refractivity contribution in [2.24, 2.45) is 5.41 Å². The Morgan fingerprint density at radius 1 is 1.09 bits per heavy atom. The van der Waals surface area contributed by atoms with E-state index < -0.39 is 40.4 Å². The van der Waals surface area contributed by atoms with Crippen LogP contribution in [0.3, 0.4) is 0 Å². The first-order valence-electron chi connectivity index (χ1n) is 6.95. The molecule has 0 fully saturated rings. The van der Waals surface area contributed by atoms with E-state index in [0.717, 1.165) is 6.07 Å². The molecule has 128 valence electrons. The van der Waals surface area contributed by atoms with Gasteiger partial charge < -0.3 is 15.5 Å². The molecule has 0 aliphatic carbocycles. The Balaban J connectivity index is 2.79. The van der Waals surface area contributed by atoms with Gasteiger partial charge in [0.2, 0.25) is 11.8 Å². The summed E-state index contributed by atoms with van der Waals surface area (Å²) in [6, 6.07) is 1.59. The van der Waals surface area contributed by atoms with Crippen molar-refractivity contribution in [2.45, 2.75) is 13.8 Å². The fourth-order valence-electron chi connectivity index (χ4n) is 1.62. The van der Waals surface area contributed by atoms with Gasteiger partial charge >= 0.3 is 0 Å². The second-order valence-corrected chi connectivity index (χ2v) is 5.86. The van der Waals surface area contributed by atoms with Crippen molar-refractivity contribution in [1.82, 2.24) is 10.2 Å². The fourth-order valence-corrected chi connectivity index (χ4v) is 1.62. The highest BCUT2D eigenvalue weighted by molar-refractivity contribution is 6.09. The largest absolute Gasteiger partial charge is 0.354 e. The van der Waals surface area contributed by atoms with Crippen LogP contribution in [0, 0.1) is 22.9 Å². The molecule has 5 nitrogen and oxygen atoms in total. The molecule has 0 atom stereocenters. The van der Waals surface area contributed by atoms with Crippen molar-refractivity contribution in [3.63, 3.8) is 0 Å². The second-order valence-electron chi connectivity index (χ2n) is 5.86. The molecule has 0 unspecified atom stereocenters. The summed E-state index contributed by atoms with van der Waals surface area (Å²) in [4.78, 5) is 26.1. The molecule has 1 aromatic rings. The zero-order chi connectivity index (χ0) is 17.8. The number of carbonyl (C=O) groups excluding carboxylic acids is 2. The zero-order valence-electron chi connectivity index (χ0n) is 13.5. The van der Waals surface area contributed by atoms with Crippen LogP contribution >= 0.6 is 0 Å². The average molecular weight is 331 g/mol. The summed E-state index contributed by atoms with van der Waals surface area (Å²) in [5.74, 6) is -5.94. The van der Waals surface area contributed by atoms with Crippen molar-refractivity contribution < 1.29 is 22.8 Å². The molecule has 0 aliphatic rings. The summed E-state index contributed by atoms with van der Waals surface area (Å²) in [5.41, 5.74) is -2.04. The molecule has 1 aromatic carbocycles. The number of halogens is 3. The Bertz CT molecular complexity index is 604. The van der Waals surface area contributed by atoms with E-state index in [1.54, 1.807) is 0 Å². The van der Waals surface area contributed by atoms with Gasteiger partial charge in [0.15, 0.2) is 17.5 Å². The minimum Gasteiger partial charge on any atom is -0.354 e. The van der Waals surface area contributed by atoms with Crippen molar-refractivity contribution in [3.05, 3.63) is 29.6 Å². The number of anilines is 1.